The molecule has 2 nitrogen and oxygen atoms in total. The lowest BCUT2D eigenvalue weighted by Gasteiger charge is -2.01. The maximum atomic E-state index is 12.9. The Morgan fingerprint density at radius 3 is 3.00 bits per heavy atom. The lowest BCUT2D eigenvalue weighted by molar-refractivity contribution is 0.630. The van der Waals surface area contributed by atoms with Crippen LogP contribution in [0.1, 0.15) is 0 Å². The maximum absolute atomic E-state index is 12.9. The first-order chi connectivity index (χ1) is 5.81. The van der Waals surface area contributed by atoms with E-state index in [9.17, 15) is 4.39 Å². The van der Waals surface area contributed by atoms with Crippen LogP contribution in [0.25, 0.3) is 10.9 Å². The summed E-state index contributed by atoms with van der Waals surface area (Å²) in [5.41, 5.74) is 1.63. The Hall–Kier alpha value is -1.51. The molecule has 1 aromatic carbocycles. The van der Waals surface area contributed by atoms with Crippen molar-refractivity contribution in [2.75, 3.05) is 12.4 Å². The van der Waals surface area contributed by atoms with Crippen molar-refractivity contribution in [1.82, 2.24) is 4.98 Å². The molecule has 2 rings (SSSR count). The van der Waals surface area contributed by atoms with E-state index in [1.807, 2.05) is 6.07 Å². The third-order valence-corrected chi connectivity index (χ3v) is 1.90. The van der Waals surface area contributed by atoms with E-state index in [4.69, 9.17) is 0 Å². The van der Waals surface area contributed by atoms with Gasteiger partial charge in [0.05, 0.1) is 5.52 Å². The number of aromatic amines is 1. The average Bonchev–Trinajstić information content (AvgIpc) is 2.50. The molecule has 0 bridgehead atoms. The molecule has 0 saturated carbocycles. The van der Waals surface area contributed by atoms with Gasteiger partial charge in [-0.1, -0.05) is 0 Å². The molecule has 0 atom stereocenters. The maximum Gasteiger partial charge on any atom is 0.127 e. The Bertz CT molecular complexity index is 406. The zero-order valence-corrected chi connectivity index (χ0v) is 6.69. The van der Waals surface area contributed by atoms with Gasteiger partial charge in [-0.15, -0.1) is 0 Å². The lowest BCUT2D eigenvalue weighted by atomic mass is 10.2. The van der Waals surface area contributed by atoms with Gasteiger partial charge in [-0.2, -0.15) is 0 Å². The molecular formula is C9H9FN2. The third kappa shape index (κ3) is 0.942. The molecule has 62 valence electrons. The molecule has 0 aliphatic heterocycles. The van der Waals surface area contributed by atoms with Gasteiger partial charge in [0.1, 0.15) is 5.82 Å². The number of halogens is 1. The van der Waals surface area contributed by atoms with E-state index in [2.05, 4.69) is 10.3 Å². The quantitative estimate of drug-likeness (QED) is 0.665. The lowest BCUT2D eigenvalue weighted by Crippen LogP contribution is -1.89. The molecule has 0 saturated heterocycles. The van der Waals surface area contributed by atoms with Crippen LogP contribution in [0.3, 0.4) is 0 Å². The number of rotatable bonds is 1. The Labute approximate surface area is 69.4 Å². The van der Waals surface area contributed by atoms with Gasteiger partial charge in [0.2, 0.25) is 0 Å². The monoisotopic (exact) mass is 164 g/mol. The summed E-state index contributed by atoms with van der Waals surface area (Å²) in [5.74, 6) is -0.227. The van der Waals surface area contributed by atoms with Crippen LogP contribution in [0.4, 0.5) is 10.1 Å². The zero-order valence-electron chi connectivity index (χ0n) is 6.69. The fourth-order valence-corrected chi connectivity index (χ4v) is 1.34. The van der Waals surface area contributed by atoms with E-state index in [0.717, 1.165) is 16.6 Å². The van der Waals surface area contributed by atoms with Crippen LogP contribution in [-0.4, -0.2) is 12.0 Å². The standard InChI is InChI=1S/C9H9FN2/c1-11-8-4-6(10)5-9-7(8)2-3-12-9/h2-5,11-12H,1H3. The number of nitrogens with one attached hydrogen (secondary N) is 2. The van der Waals surface area contributed by atoms with Crippen LogP contribution in [0.5, 0.6) is 0 Å². The van der Waals surface area contributed by atoms with Crippen molar-refractivity contribution in [2.24, 2.45) is 0 Å². The van der Waals surface area contributed by atoms with E-state index < -0.39 is 0 Å². The number of benzene rings is 1. The van der Waals surface area contributed by atoms with Gasteiger partial charge >= 0.3 is 0 Å². The van der Waals surface area contributed by atoms with Gasteiger partial charge < -0.3 is 10.3 Å². The first-order valence-corrected chi connectivity index (χ1v) is 3.75. The molecule has 12 heavy (non-hydrogen) atoms. The van der Waals surface area contributed by atoms with E-state index in [0.29, 0.717) is 0 Å². The molecule has 0 fully saturated rings. The summed E-state index contributed by atoms with van der Waals surface area (Å²) < 4.78 is 12.9. The highest BCUT2D eigenvalue weighted by molar-refractivity contribution is 5.91. The van der Waals surface area contributed by atoms with Gasteiger partial charge in [0.25, 0.3) is 0 Å². The van der Waals surface area contributed by atoms with E-state index in [1.54, 1.807) is 13.2 Å². The Kier molecular flexibility index (Phi) is 1.50. The second kappa shape index (κ2) is 2.52. The smallest absolute Gasteiger partial charge is 0.127 e. The largest absolute Gasteiger partial charge is 0.387 e. The summed E-state index contributed by atoms with van der Waals surface area (Å²) >= 11 is 0. The Morgan fingerprint density at radius 2 is 2.25 bits per heavy atom. The van der Waals surface area contributed by atoms with Crippen molar-refractivity contribution in [3.8, 4) is 0 Å². The van der Waals surface area contributed by atoms with Crippen LogP contribution in [0, 0.1) is 5.82 Å². The Balaban J connectivity index is 2.80. The van der Waals surface area contributed by atoms with E-state index >= 15 is 0 Å². The number of hydrogen-bond donors (Lipinski definition) is 2. The Morgan fingerprint density at radius 1 is 1.42 bits per heavy atom. The fourth-order valence-electron chi connectivity index (χ4n) is 1.34. The summed E-state index contributed by atoms with van der Waals surface area (Å²) in [5, 5.41) is 3.95. The van der Waals surface area contributed by atoms with Gasteiger partial charge in [0.15, 0.2) is 0 Å². The first-order valence-electron chi connectivity index (χ1n) is 3.75. The molecule has 0 amide bonds. The van der Waals surface area contributed by atoms with Crippen LogP contribution < -0.4 is 5.32 Å². The van der Waals surface area contributed by atoms with E-state index in [1.165, 1.54) is 12.1 Å². The van der Waals surface area contributed by atoms with Crippen LogP contribution in [-0.2, 0) is 0 Å². The van der Waals surface area contributed by atoms with Crippen molar-refractivity contribution >= 4 is 16.6 Å². The van der Waals surface area contributed by atoms with Gasteiger partial charge in [0, 0.05) is 24.3 Å². The molecule has 0 aliphatic rings. The molecule has 0 radical (unpaired) electrons. The minimum Gasteiger partial charge on any atom is -0.387 e. The average molecular weight is 164 g/mol. The molecule has 1 aromatic heterocycles. The predicted molar refractivity (Wildman–Crippen MR) is 47.8 cm³/mol. The SMILES string of the molecule is CNc1cc(F)cc2[nH]ccc12. The van der Waals surface area contributed by atoms with Crippen molar-refractivity contribution in [3.63, 3.8) is 0 Å². The summed E-state index contributed by atoms with van der Waals surface area (Å²) in [6.07, 6.45) is 1.80. The normalized spacial score (nSPS) is 10.5. The topological polar surface area (TPSA) is 27.8 Å². The third-order valence-electron chi connectivity index (χ3n) is 1.90. The van der Waals surface area contributed by atoms with E-state index in [-0.39, 0.29) is 5.82 Å². The molecule has 0 unspecified atom stereocenters. The summed E-state index contributed by atoms with van der Waals surface area (Å²) in [7, 11) is 1.78. The first kappa shape index (κ1) is 7.16. The van der Waals surface area contributed by atoms with Crippen LogP contribution in [0.15, 0.2) is 24.4 Å². The summed E-state index contributed by atoms with van der Waals surface area (Å²) in [6, 6.07) is 4.88. The fraction of sp³-hybridized carbons (Fsp3) is 0.111. The minimum absolute atomic E-state index is 0.227. The number of aromatic nitrogens is 1. The molecule has 2 N–H and O–H groups in total. The van der Waals surface area contributed by atoms with Crippen LogP contribution in [0.2, 0.25) is 0 Å². The number of H-pyrrole nitrogens is 1. The van der Waals surface area contributed by atoms with Gasteiger partial charge in [-0.3, -0.25) is 0 Å². The molecule has 0 aliphatic carbocycles. The highest BCUT2D eigenvalue weighted by Gasteiger charge is 2.02. The molecule has 3 heteroatoms. The predicted octanol–water partition coefficient (Wildman–Crippen LogP) is 2.35. The van der Waals surface area contributed by atoms with Gasteiger partial charge in [-0.05, 0) is 18.2 Å². The van der Waals surface area contributed by atoms with Crippen molar-refractivity contribution in [1.29, 1.82) is 0 Å². The minimum atomic E-state index is -0.227. The summed E-state index contributed by atoms with van der Waals surface area (Å²) in [4.78, 5) is 2.96. The molecule has 0 spiro atoms. The number of anilines is 1. The van der Waals surface area contributed by atoms with Crippen molar-refractivity contribution in [2.45, 2.75) is 0 Å². The van der Waals surface area contributed by atoms with Crippen molar-refractivity contribution < 1.29 is 4.39 Å². The molecule has 1 heterocycles. The molecular weight excluding hydrogens is 155 g/mol. The van der Waals surface area contributed by atoms with Crippen molar-refractivity contribution in [3.05, 3.63) is 30.2 Å². The molecule has 2 aromatic rings. The number of fused-ring (bicyclic) bond motifs is 1. The summed E-state index contributed by atoms with van der Waals surface area (Å²) in [6.45, 7) is 0. The highest BCUT2D eigenvalue weighted by Crippen LogP contribution is 2.23. The van der Waals surface area contributed by atoms with Crippen LogP contribution >= 0.6 is 0 Å². The highest BCUT2D eigenvalue weighted by atomic mass is 19.1. The zero-order chi connectivity index (χ0) is 8.55. The number of hydrogen-bond acceptors (Lipinski definition) is 1. The van der Waals surface area contributed by atoms with Gasteiger partial charge in [-0.25, -0.2) is 4.39 Å². The second-order valence-corrected chi connectivity index (χ2v) is 2.64. The second-order valence-electron chi connectivity index (χ2n) is 2.64.